The lowest BCUT2D eigenvalue weighted by Gasteiger charge is -2.11. The molecule has 1 heterocycles. The maximum atomic E-state index is 12.0. The van der Waals surface area contributed by atoms with Crippen molar-refractivity contribution in [3.63, 3.8) is 0 Å². The molecule has 9 heteroatoms. The Labute approximate surface area is 111 Å². The Balaban J connectivity index is 2.72. The summed E-state index contributed by atoms with van der Waals surface area (Å²) in [6.07, 6.45) is -3.43. The summed E-state index contributed by atoms with van der Waals surface area (Å²) in [5.41, 5.74) is -0.0507. The molecule has 1 atom stereocenters. The summed E-state index contributed by atoms with van der Waals surface area (Å²) >= 11 is 0. The van der Waals surface area contributed by atoms with E-state index in [0.717, 1.165) is 12.3 Å². The van der Waals surface area contributed by atoms with E-state index >= 15 is 0 Å². The molecule has 0 spiro atoms. The van der Waals surface area contributed by atoms with Gasteiger partial charge >= 0.3 is 12.1 Å². The zero-order valence-corrected chi connectivity index (χ0v) is 10.3. The standard InChI is InChI=1S/C11H11F3N2O4/c1-6(10(18)19)16-9(17)7-2-3-15-8(4-7)20-5-11(12,13)14/h2-4,6H,5H2,1H3,(H,16,17)(H,18,19)/t6-/m0/s1. The van der Waals surface area contributed by atoms with Gasteiger partial charge in [0.15, 0.2) is 6.61 Å². The zero-order valence-electron chi connectivity index (χ0n) is 10.3. The number of carbonyl (C=O) groups is 2. The molecule has 0 saturated carbocycles. The molecule has 0 aliphatic rings. The molecule has 6 nitrogen and oxygen atoms in total. The van der Waals surface area contributed by atoms with Gasteiger partial charge in [0.25, 0.3) is 5.91 Å². The Kier molecular flexibility index (Phi) is 4.89. The number of alkyl halides is 3. The van der Waals surface area contributed by atoms with Gasteiger partial charge in [-0.05, 0) is 13.0 Å². The first-order valence-electron chi connectivity index (χ1n) is 5.38. The summed E-state index contributed by atoms with van der Waals surface area (Å²) < 4.78 is 40.3. The molecule has 1 aromatic heterocycles. The molecule has 0 aliphatic heterocycles. The minimum Gasteiger partial charge on any atom is -0.480 e. The third kappa shape index (κ3) is 5.12. The second-order valence-corrected chi connectivity index (χ2v) is 3.82. The molecular formula is C11H11F3N2O4. The summed E-state index contributed by atoms with van der Waals surface area (Å²) in [4.78, 5) is 25.7. The Morgan fingerprint density at radius 1 is 1.50 bits per heavy atom. The van der Waals surface area contributed by atoms with E-state index < -0.39 is 30.7 Å². The van der Waals surface area contributed by atoms with Crippen LogP contribution >= 0.6 is 0 Å². The summed E-state index contributed by atoms with van der Waals surface area (Å²) in [7, 11) is 0. The number of pyridine rings is 1. The second-order valence-electron chi connectivity index (χ2n) is 3.82. The van der Waals surface area contributed by atoms with Crippen LogP contribution in [0.15, 0.2) is 18.3 Å². The molecule has 0 aromatic carbocycles. The number of nitrogens with zero attached hydrogens (tertiary/aromatic N) is 1. The average Bonchev–Trinajstić information content (AvgIpc) is 2.35. The molecule has 0 saturated heterocycles. The van der Waals surface area contributed by atoms with E-state index in [-0.39, 0.29) is 11.4 Å². The minimum atomic E-state index is -4.52. The number of aromatic nitrogens is 1. The highest BCUT2D eigenvalue weighted by atomic mass is 19.4. The van der Waals surface area contributed by atoms with Crippen LogP contribution in [0.25, 0.3) is 0 Å². The van der Waals surface area contributed by atoms with Crippen LogP contribution in [0, 0.1) is 0 Å². The van der Waals surface area contributed by atoms with Gasteiger partial charge < -0.3 is 15.2 Å². The number of aliphatic carboxylic acids is 1. The molecule has 20 heavy (non-hydrogen) atoms. The number of nitrogens with one attached hydrogen (secondary N) is 1. The quantitative estimate of drug-likeness (QED) is 0.852. The molecule has 0 radical (unpaired) electrons. The van der Waals surface area contributed by atoms with Crippen molar-refractivity contribution in [2.45, 2.75) is 19.1 Å². The molecule has 0 bridgehead atoms. The van der Waals surface area contributed by atoms with Gasteiger partial charge in [0, 0.05) is 17.8 Å². The van der Waals surface area contributed by atoms with Gasteiger partial charge in [-0.1, -0.05) is 0 Å². The number of carbonyl (C=O) groups excluding carboxylic acids is 1. The fourth-order valence-corrected chi connectivity index (χ4v) is 1.13. The van der Waals surface area contributed by atoms with Crippen LogP contribution in [0.4, 0.5) is 13.2 Å². The van der Waals surface area contributed by atoms with Crippen molar-refractivity contribution < 1.29 is 32.6 Å². The monoisotopic (exact) mass is 292 g/mol. The van der Waals surface area contributed by atoms with Crippen LogP contribution in [0.2, 0.25) is 0 Å². The van der Waals surface area contributed by atoms with Crippen molar-refractivity contribution in [2.24, 2.45) is 0 Å². The first-order valence-corrected chi connectivity index (χ1v) is 5.38. The number of carboxylic acids is 1. The van der Waals surface area contributed by atoms with E-state index in [1.165, 1.54) is 13.0 Å². The van der Waals surface area contributed by atoms with Crippen molar-refractivity contribution in [2.75, 3.05) is 6.61 Å². The van der Waals surface area contributed by atoms with Crippen molar-refractivity contribution in [3.8, 4) is 5.88 Å². The van der Waals surface area contributed by atoms with Crippen LogP contribution in [0.3, 0.4) is 0 Å². The van der Waals surface area contributed by atoms with Crippen molar-refractivity contribution in [1.29, 1.82) is 0 Å². The van der Waals surface area contributed by atoms with E-state index in [1.807, 2.05) is 0 Å². The lowest BCUT2D eigenvalue weighted by Crippen LogP contribution is -2.38. The predicted octanol–water partition coefficient (Wildman–Crippen LogP) is 1.23. The SMILES string of the molecule is C[C@H](NC(=O)c1ccnc(OCC(F)(F)F)c1)C(=O)O. The second kappa shape index (κ2) is 6.22. The first kappa shape index (κ1) is 15.7. The molecule has 0 unspecified atom stereocenters. The Morgan fingerprint density at radius 2 is 2.15 bits per heavy atom. The minimum absolute atomic E-state index is 0.0507. The number of hydrogen-bond donors (Lipinski definition) is 2. The Hall–Kier alpha value is -2.32. The van der Waals surface area contributed by atoms with Crippen molar-refractivity contribution in [1.82, 2.24) is 10.3 Å². The van der Waals surface area contributed by atoms with E-state index in [1.54, 1.807) is 0 Å². The van der Waals surface area contributed by atoms with Gasteiger partial charge in [0.2, 0.25) is 5.88 Å². The molecule has 1 aromatic rings. The predicted molar refractivity (Wildman–Crippen MR) is 60.4 cm³/mol. The lowest BCUT2D eigenvalue weighted by molar-refractivity contribution is -0.154. The fourth-order valence-electron chi connectivity index (χ4n) is 1.13. The van der Waals surface area contributed by atoms with E-state index in [9.17, 15) is 22.8 Å². The molecule has 0 fully saturated rings. The summed E-state index contributed by atoms with van der Waals surface area (Å²) in [6, 6.07) is 1.09. The highest BCUT2D eigenvalue weighted by molar-refractivity contribution is 5.96. The van der Waals surface area contributed by atoms with Crippen molar-refractivity contribution in [3.05, 3.63) is 23.9 Å². The van der Waals surface area contributed by atoms with E-state index in [4.69, 9.17) is 5.11 Å². The van der Waals surface area contributed by atoms with Gasteiger partial charge in [-0.25, -0.2) is 4.98 Å². The number of ether oxygens (including phenoxy) is 1. The van der Waals surface area contributed by atoms with Crippen LogP contribution in [0.1, 0.15) is 17.3 Å². The highest BCUT2D eigenvalue weighted by Gasteiger charge is 2.28. The first-order chi connectivity index (χ1) is 9.19. The molecule has 2 N–H and O–H groups in total. The Bertz CT molecular complexity index is 505. The van der Waals surface area contributed by atoms with Crippen LogP contribution < -0.4 is 10.1 Å². The van der Waals surface area contributed by atoms with Gasteiger partial charge in [-0.2, -0.15) is 13.2 Å². The molecule has 1 rings (SSSR count). The summed E-state index contributed by atoms with van der Waals surface area (Å²) in [5.74, 6) is -2.36. The number of carboxylic acid groups (broad SMARTS) is 1. The van der Waals surface area contributed by atoms with Gasteiger partial charge in [0.05, 0.1) is 0 Å². The zero-order chi connectivity index (χ0) is 15.3. The fraction of sp³-hybridized carbons (Fsp3) is 0.364. The maximum absolute atomic E-state index is 12.0. The third-order valence-electron chi connectivity index (χ3n) is 2.10. The maximum Gasteiger partial charge on any atom is 0.422 e. The molecular weight excluding hydrogens is 281 g/mol. The van der Waals surface area contributed by atoms with Crippen LogP contribution in [0.5, 0.6) is 5.88 Å². The number of rotatable bonds is 5. The van der Waals surface area contributed by atoms with E-state index in [0.29, 0.717) is 0 Å². The number of hydrogen-bond acceptors (Lipinski definition) is 4. The van der Waals surface area contributed by atoms with Crippen LogP contribution in [-0.4, -0.2) is 40.8 Å². The van der Waals surface area contributed by atoms with Gasteiger partial charge in [-0.15, -0.1) is 0 Å². The molecule has 110 valence electrons. The summed E-state index contributed by atoms with van der Waals surface area (Å²) in [5, 5.41) is 10.8. The Morgan fingerprint density at radius 3 is 2.70 bits per heavy atom. The average molecular weight is 292 g/mol. The topological polar surface area (TPSA) is 88.5 Å². The van der Waals surface area contributed by atoms with Crippen LogP contribution in [-0.2, 0) is 4.79 Å². The van der Waals surface area contributed by atoms with E-state index in [2.05, 4.69) is 15.0 Å². The number of halogens is 3. The molecule has 0 aliphatic carbocycles. The van der Waals surface area contributed by atoms with Gasteiger partial charge in [0.1, 0.15) is 6.04 Å². The number of amides is 1. The lowest BCUT2D eigenvalue weighted by atomic mass is 10.2. The third-order valence-corrected chi connectivity index (χ3v) is 2.10. The highest BCUT2D eigenvalue weighted by Crippen LogP contribution is 2.17. The molecule has 1 amide bonds. The van der Waals surface area contributed by atoms with Crippen molar-refractivity contribution >= 4 is 11.9 Å². The largest absolute Gasteiger partial charge is 0.480 e. The smallest absolute Gasteiger partial charge is 0.422 e. The van der Waals surface area contributed by atoms with Gasteiger partial charge in [-0.3, -0.25) is 9.59 Å². The normalized spacial score (nSPS) is 12.6. The summed E-state index contributed by atoms with van der Waals surface area (Å²) in [6.45, 7) is -0.279.